The lowest BCUT2D eigenvalue weighted by Crippen LogP contribution is -2.38. The summed E-state index contributed by atoms with van der Waals surface area (Å²) in [5.41, 5.74) is 7.02. The minimum atomic E-state index is -3.74. The zero-order valence-electron chi connectivity index (χ0n) is 12.2. The number of benzene rings is 1. The molecular formula is C14H20N2O4S. The number of anilines is 1. The Kier molecular flexibility index (Phi) is 4.53. The van der Waals surface area contributed by atoms with Gasteiger partial charge in [-0.25, -0.2) is 8.42 Å². The fourth-order valence-electron chi connectivity index (χ4n) is 2.02. The summed E-state index contributed by atoms with van der Waals surface area (Å²) in [7, 11) is -3.74. The van der Waals surface area contributed by atoms with Crippen molar-refractivity contribution < 1.29 is 17.9 Å². The molecule has 6 nitrogen and oxygen atoms in total. The molecule has 0 bridgehead atoms. The van der Waals surface area contributed by atoms with Crippen molar-refractivity contribution in [1.29, 1.82) is 0 Å². The highest BCUT2D eigenvalue weighted by atomic mass is 32.2. The Hall–Kier alpha value is -1.60. The van der Waals surface area contributed by atoms with Crippen LogP contribution >= 0.6 is 0 Å². The van der Waals surface area contributed by atoms with Crippen LogP contribution in [0.1, 0.15) is 25.3 Å². The van der Waals surface area contributed by atoms with Crippen LogP contribution < -0.4 is 5.73 Å². The number of hydrogen-bond donors (Lipinski definition) is 1. The van der Waals surface area contributed by atoms with E-state index >= 15 is 0 Å². The predicted molar refractivity (Wildman–Crippen MR) is 79.1 cm³/mol. The van der Waals surface area contributed by atoms with E-state index < -0.39 is 16.0 Å². The van der Waals surface area contributed by atoms with Gasteiger partial charge in [0.1, 0.15) is 6.54 Å². The fourth-order valence-corrected chi connectivity index (χ4v) is 3.69. The first-order chi connectivity index (χ1) is 9.86. The Balaban J connectivity index is 2.29. The molecule has 0 spiro atoms. The number of carbonyl (C=O) groups is 1. The summed E-state index contributed by atoms with van der Waals surface area (Å²) < 4.78 is 31.4. The van der Waals surface area contributed by atoms with Crippen molar-refractivity contribution in [2.24, 2.45) is 0 Å². The lowest BCUT2D eigenvalue weighted by molar-refractivity contribution is -0.143. The molecule has 0 aliphatic heterocycles. The van der Waals surface area contributed by atoms with Crippen LogP contribution in [0.3, 0.4) is 0 Å². The van der Waals surface area contributed by atoms with Crippen LogP contribution in [-0.2, 0) is 19.6 Å². The number of esters is 1. The minimum absolute atomic E-state index is 0.113. The molecule has 2 N–H and O–H groups in total. The molecule has 0 atom stereocenters. The second kappa shape index (κ2) is 6.03. The van der Waals surface area contributed by atoms with E-state index in [1.165, 1.54) is 16.4 Å². The molecule has 1 fully saturated rings. The van der Waals surface area contributed by atoms with Gasteiger partial charge in [-0.3, -0.25) is 4.79 Å². The molecule has 2 rings (SSSR count). The zero-order chi connectivity index (χ0) is 15.6. The van der Waals surface area contributed by atoms with E-state index in [-0.39, 0.29) is 24.1 Å². The number of carbonyl (C=O) groups excluding carboxylic acids is 1. The molecule has 1 aliphatic rings. The normalized spacial score (nSPS) is 15.2. The average Bonchev–Trinajstić information content (AvgIpc) is 3.23. The van der Waals surface area contributed by atoms with Crippen molar-refractivity contribution >= 4 is 21.7 Å². The standard InChI is InChI=1S/C14H20N2O4S/c1-3-20-14(17)9-16(11-5-6-11)21(18,19)12-7-4-10(2)13(15)8-12/h4,7-8,11H,3,5-6,9,15H2,1-2H3. The number of ether oxygens (including phenoxy) is 1. The molecular weight excluding hydrogens is 292 g/mol. The number of nitrogens with two attached hydrogens (primary N) is 1. The molecule has 0 heterocycles. The molecule has 1 saturated carbocycles. The van der Waals surface area contributed by atoms with Gasteiger partial charge >= 0.3 is 5.97 Å². The first kappa shape index (κ1) is 15.8. The summed E-state index contributed by atoms with van der Waals surface area (Å²) in [6.07, 6.45) is 1.53. The number of aryl methyl sites for hydroxylation is 1. The summed E-state index contributed by atoms with van der Waals surface area (Å²) in [5, 5.41) is 0. The van der Waals surface area contributed by atoms with Gasteiger partial charge in [-0.1, -0.05) is 6.07 Å². The summed E-state index contributed by atoms with van der Waals surface area (Å²) in [4.78, 5) is 11.7. The summed E-state index contributed by atoms with van der Waals surface area (Å²) in [6.45, 7) is 3.47. The molecule has 21 heavy (non-hydrogen) atoms. The van der Waals surface area contributed by atoms with Gasteiger partial charge in [-0.2, -0.15) is 4.31 Å². The molecule has 116 valence electrons. The SMILES string of the molecule is CCOC(=O)CN(C1CC1)S(=O)(=O)c1ccc(C)c(N)c1. The van der Waals surface area contributed by atoms with Gasteiger partial charge in [0, 0.05) is 11.7 Å². The van der Waals surface area contributed by atoms with Gasteiger partial charge in [0.05, 0.1) is 11.5 Å². The van der Waals surface area contributed by atoms with Gasteiger partial charge in [0.25, 0.3) is 0 Å². The summed E-state index contributed by atoms with van der Waals surface area (Å²) in [6, 6.07) is 4.49. The van der Waals surface area contributed by atoms with Crippen molar-refractivity contribution in [1.82, 2.24) is 4.31 Å². The maximum absolute atomic E-state index is 12.7. The molecule has 0 saturated heterocycles. The van der Waals surface area contributed by atoms with Crippen LogP contribution in [0.5, 0.6) is 0 Å². The first-order valence-electron chi connectivity index (χ1n) is 6.90. The van der Waals surface area contributed by atoms with Gasteiger partial charge in [-0.05, 0) is 44.4 Å². The Labute approximate surface area is 124 Å². The third-order valence-corrected chi connectivity index (χ3v) is 5.30. The lowest BCUT2D eigenvalue weighted by Gasteiger charge is -2.21. The highest BCUT2D eigenvalue weighted by Crippen LogP contribution is 2.32. The maximum Gasteiger partial charge on any atom is 0.321 e. The van der Waals surface area contributed by atoms with Crippen LogP contribution in [0, 0.1) is 6.92 Å². The zero-order valence-corrected chi connectivity index (χ0v) is 13.0. The van der Waals surface area contributed by atoms with Crippen LogP contribution in [0.2, 0.25) is 0 Å². The number of nitrogens with zero attached hydrogens (tertiary/aromatic N) is 1. The molecule has 0 amide bonds. The van der Waals surface area contributed by atoms with E-state index in [4.69, 9.17) is 10.5 Å². The van der Waals surface area contributed by atoms with E-state index in [9.17, 15) is 13.2 Å². The van der Waals surface area contributed by atoms with Gasteiger partial charge in [0.2, 0.25) is 10.0 Å². The molecule has 1 aromatic carbocycles. The van der Waals surface area contributed by atoms with E-state index in [0.717, 1.165) is 18.4 Å². The molecule has 7 heteroatoms. The monoisotopic (exact) mass is 312 g/mol. The number of hydrogen-bond acceptors (Lipinski definition) is 5. The first-order valence-corrected chi connectivity index (χ1v) is 8.34. The van der Waals surface area contributed by atoms with Gasteiger partial charge in [0.15, 0.2) is 0 Å². The summed E-state index contributed by atoms with van der Waals surface area (Å²) >= 11 is 0. The lowest BCUT2D eigenvalue weighted by atomic mass is 10.2. The average molecular weight is 312 g/mol. The largest absolute Gasteiger partial charge is 0.465 e. The quantitative estimate of drug-likeness (QED) is 0.631. The number of rotatable bonds is 6. The van der Waals surface area contributed by atoms with E-state index in [0.29, 0.717) is 5.69 Å². The third kappa shape index (κ3) is 3.54. The Bertz CT molecular complexity index is 638. The van der Waals surface area contributed by atoms with Crippen molar-refractivity contribution in [2.75, 3.05) is 18.9 Å². The van der Waals surface area contributed by atoms with Crippen molar-refractivity contribution in [3.05, 3.63) is 23.8 Å². The summed E-state index contributed by atoms with van der Waals surface area (Å²) in [5.74, 6) is -0.534. The minimum Gasteiger partial charge on any atom is -0.465 e. The second-order valence-corrected chi connectivity index (χ2v) is 7.00. The Morgan fingerprint density at radius 3 is 2.62 bits per heavy atom. The molecule has 1 aromatic rings. The van der Waals surface area contributed by atoms with E-state index in [1.54, 1.807) is 13.0 Å². The maximum atomic E-state index is 12.7. The number of nitrogen functional groups attached to an aromatic ring is 1. The molecule has 0 aromatic heterocycles. The van der Waals surface area contributed by atoms with Crippen molar-refractivity contribution in [3.63, 3.8) is 0 Å². The second-order valence-electron chi connectivity index (χ2n) is 5.10. The Morgan fingerprint density at radius 2 is 2.10 bits per heavy atom. The van der Waals surface area contributed by atoms with Crippen molar-refractivity contribution in [2.45, 2.75) is 37.6 Å². The fraction of sp³-hybridized carbons (Fsp3) is 0.500. The Morgan fingerprint density at radius 1 is 1.43 bits per heavy atom. The van der Waals surface area contributed by atoms with Crippen LogP contribution in [-0.4, -0.2) is 37.9 Å². The highest BCUT2D eigenvalue weighted by molar-refractivity contribution is 7.89. The van der Waals surface area contributed by atoms with E-state index in [2.05, 4.69) is 0 Å². The van der Waals surface area contributed by atoms with Crippen LogP contribution in [0.15, 0.2) is 23.1 Å². The molecule has 0 radical (unpaired) electrons. The van der Waals surface area contributed by atoms with Crippen LogP contribution in [0.25, 0.3) is 0 Å². The highest BCUT2D eigenvalue weighted by Gasteiger charge is 2.39. The molecule has 0 unspecified atom stereocenters. The molecule has 1 aliphatic carbocycles. The van der Waals surface area contributed by atoms with Gasteiger partial charge in [-0.15, -0.1) is 0 Å². The third-order valence-electron chi connectivity index (χ3n) is 3.40. The smallest absolute Gasteiger partial charge is 0.321 e. The predicted octanol–water partition coefficient (Wildman–Crippen LogP) is 1.29. The van der Waals surface area contributed by atoms with E-state index in [1.807, 2.05) is 6.92 Å². The van der Waals surface area contributed by atoms with Gasteiger partial charge < -0.3 is 10.5 Å². The number of sulfonamides is 1. The van der Waals surface area contributed by atoms with Crippen molar-refractivity contribution in [3.8, 4) is 0 Å². The topological polar surface area (TPSA) is 89.7 Å². The van der Waals surface area contributed by atoms with Crippen LogP contribution in [0.4, 0.5) is 5.69 Å².